The van der Waals surface area contributed by atoms with Gasteiger partial charge >= 0.3 is 11.9 Å². The molecule has 0 aliphatic heterocycles. The lowest BCUT2D eigenvalue weighted by Crippen LogP contribution is -2.20. The zero-order valence-electron chi connectivity index (χ0n) is 18.0. The van der Waals surface area contributed by atoms with E-state index in [0.717, 1.165) is 57.5 Å². The van der Waals surface area contributed by atoms with Gasteiger partial charge in [-0.05, 0) is 77.0 Å². The Labute approximate surface area is 171 Å². The van der Waals surface area contributed by atoms with Crippen molar-refractivity contribution in [2.24, 2.45) is 5.92 Å². The maximum atomic E-state index is 11.7. The quantitative estimate of drug-likeness (QED) is 0.212. The summed E-state index contributed by atoms with van der Waals surface area (Å²) in [7, 11) is 0. The predicted molar refractivity (Wildman–Crippen MR) is 111 cm³/mol. The molecular formula is C23H40O5. The van der Waals surface area contributed by atoms with E-state index in [-0.39, 0.29) is 11.9 Å². The summed E-state index contributed by atoms with van der Waals surface area (Å²) in [5, 5.41) is 0. The van der Waals surface area contributed by atoms with Gasteiger partial charge in [0, 0.05) is 18.6 Å². The number of esters is 2. The van der Waals surface area contributed by atoms with Crippen LogP contribution in [0.4, 0.5) is 0 Å². The van der Waals surface area contributed by atoms with Crippen LogP contribution < -0.4 is 0 Å². The molecule has 5 heteroatoms. The number of hydrogen-bond donors (Lipinski definition) is 0. The Morgan fingerprint density at radius 3 is 2.04 bits per heavy atom. The molecule has 28 heavy (non-hydrogen) atoms. The molecule has 1 saturated carbocycles. The van der Waals surface area contributed by atoms with E-state index in [4.69, 9.17) is 14.2 Å². The molecule has 0 bridgehead atoms. The van der Waals surface area contributed by atoms with E-state index < -0.39 is 0 Å². The summed E-state index contributed by atoms with van der Waals surface area (Å²) in [6.45, 7) is 9.24. The molecule has 0 radical (unpaired) electrons. The van der Waals surface area contributed by atoms with Crippen molar-refractivity contribution in [3.8, 4) is 0 Å². The summed E-state index contributed by atoms with van der Waals surface area (Å²) in [6, 6.07) is 0. The Morgan fingerprint density at radius 2 is 1.39 bits per heavy atom. The molecule has 1 aliphatic rings. The highest BCUT2D eigenvalue weighted by Gasteiger charge is 2.18. The Bertz CT molecular complexity index is 452. The topological polar surface area (TPSA) is 61.8 Å². The third-order valence-electron chi connectivity index (χ3n) is 5.23. The minimum Gasteiger partial charge on any atom is -0.466 e. The predicted octanol–water partition coefficient (Wildman–Crippen LogP) is 5.37. The van der Waals surface area contributed by atoms with Crippen LogP contribution in [-0.2, 0) is 23.8 Å². The van der Waals surface area contributed by atoms with Crippen molar-refractivity contribution in [2.45, 2.75) is 97.0 Å². The number of carbonyl (C=O) groups is 2. The van der Waals surface area contributed by atoms with Gasteiger partial charge in [0.05, 0.1) is 19.3 Å². The highest BCUT2D eigenvalue weighted by molar-refractivity contribution is 5.86. The second-order valence-corrected chi connectivity index (χ2v) is 8.11. The van der Waals surface area contributed by atoms with Gasteiger partial charge in [-0.3, -0.25) is 4.79 Å². The molecule has 1 fully saturated rings. The fraction of sp³-hybridized carbons (Fsp3) is 0.826. The zero-order chi connectivity index (χ0) is 20.6. The molecule has 0 unspecified atom stereocenters. The van der Waals surface area contributed by atoms with Crippen molar-refractivity contribution in [1.29, 1.82) is 0 Å². The fourth-order valence-electron chi connectivity index (χ4n) is 3.30. The van der Waals surface area contributed by atoms with Crippen LogP contribution in [0.25, 0.3) is 0 Å². The molecule has 0 aromatic heterocycles. The summed E-state index contributed by atoms with van der Waals surface area (Å²) < 4.78 is 16.2. The van der Waals surface area contributed by atoms with Crippen molar-refractivity contribution in [3.63, 3.8) is 0 Å². The normalized spacial score (nSPS) is 19.2. The first-order valence-corrected chi connectivity index (χ1v) is 11.1. The van der Waals surface area contributed by atoms with Crippen molar-refractivity contribution in [3.05, 3.63) is 12.2 Å². The summed E-state index contributed by atoms with van der Waals surface area (Å²) >= 11 is 0. The van der Waals surface area contributed by atoms with Crippen LogP contribution in [0, 0.1) is 5.92 Å². The molecule has 0 saturated heterocycles. The second-order valence-electron chi connectivity index (χ2n) is 8.11. The van der Waals surface area contributed by atoms with Gasteiger partial charge in [-0.15, -0.1) is 0 Å². The third kappa shape index (κ3) is 12.9. The van der Waals surface area contributed by atoms with Gasteiger partial charge in [-0.1, -0.05) is 19.9 Å². The van der Waals surface area contributed by atoms with Crippen molar-refractivity contribution in [1.82, 2.24) is 0 Å². The van der Waals surface area contributed by atoms with Crippen molar-refractivity contribution < 1.29 is 23.8 Å². The molecule has 5 nitrogen and oxygen atoms in total. The van der Waals surface area contributed by atoms with Crippen LogP contribution in [0.15, 0.2) is 12.2 Å². The lowest BCUT2D eigenvalue weighted by Gasteiger charge is -2.26. The highest BCUT2D eigenvalue weighted by Crippen LogP contribution is 2.25. The van der Waals surface area contributed by atoms with Crippen LogP contribution in [0.5, 0.6) is 0 Å². The first-order valence-electron chi connectivity index (χ1n) is 11.1. The van der Waals surface area contributed by atoms with E-state index in [1.807, 2.05) is 0 Å². The number of ether oxygens (including phenoxy) is 3. The summed E-state index contributed by atoms with van der Waals surface area (Å²) in [5.74, 6) is 0.386. The number of unbranched alkanes of at least 4 members (excludes halogenated alkanes) is 5. The summed E-state index contributed by atoms with van der Waals surface area (Å²) in [4.78, 5) is 22.9. The lowest BCUT2D eigenvalue weighted by atomic mass is 9.89. The van der Waals surface area contributed by atoms with Gasteiger partial charge in [-0.2, -0.15) is 0 Å². The Hall–Kier alpha value is -1.36. The Kier molecular flexibility index (Phi) is 13.7. The van der Waals surface area contributed by atoms with E-state index in [1.165, 1.54) is 25.7 Å². The first-order chi connectivity index (χ1) is 13.5. The largest absolute Gasteiger partial charge is 0.466 e. The minimum atomic E-state index is -0.352. The van der Waals surface area contributed by atoms with Crippen LogP contribution in [0.2, 0.25) is 0 Å². The van der Waals surface area contributed by atoms with E-state index >= 15 is 0 Å². The number of rotatable bonds is 15. The highest BCUT2D eigenvalue weighted by atomic mass is 16.5. The average molecular weight is 397 g/mol. The standard InChI is InChI=1S/C23H40O5/c1-19(2)23(25)28-18-10-6-7-11-22(24)27-17-9-5-4-8-16-26-21-14-12-20(3)13-15-21/h20-21H,1,4-18H2,2-3H3. The van der Waals surface area contributed by atoms with Crippen molar-refractivity contribution in [2.75, 3.05) is 19.8 Å². The lowest BCUT2D eigenvalue weighted by molar-refractivity contribution is -0.144. The first kappa shape index (κ1) is 24.7. The van der Waals surface area contributed by atoms with Crippen LogP contribution in [0.1, 0.15) is 90.9 Å². The maximum Gasteiger partial charge on any atom is 0.333 e. The molecule has 0 amide bonds. The minimum absolute atomic E-state index is 0.131. The molecule has 0 heterocycles. The van der Waals surface area contributed by atoms with Gasteiger partial charge in [0.1, 0.15) is 0 Å². The molecular weight excluding hydrogens is 356 g/mol. The van der Waals surface area contributed by atoms with Crippen LogP contribution >= 0.6 is 0 Å². The molecule has 0 aromatic carbocycles. The fourth-order valence-corrected chi connectivity index (χ4v) is 3.30. The van der Waals surface area contributed by atoms with Gasteiger partial charge in [-0.25, -0.2) is 4.79 Å². The van der Waals surface area contributed by atoms with Gasteiger partial charge in [0.25, 0.3) is 0 Å². The molecule has 0 atom stereocenters. The van der Waals surface area contributed by atoms with Gasteiger partial charge in [0.2, 0.25) is 0 Å². The van der Waals surface area contributed by atoms with Crippen LogP contribution in [0.3, 0.4) is 0 Å². The SMILES string of the molecule is C=C(C)C(=O)OCCCCCC(=O)OCCCCCCOC1CCC(C)CC1. The Morgan fingerprint density at radius 1 is 0.821 bits per heavy atom. The molecule has 162 valence electrons. The number of carbonyl (C=O) groups excluding carboxylic acids is 2. The zero-order valence-corrected chi connectivity index (χ0v) is 18.0. The molecule has 0 N–H and O–H groups in total. The Balaban J connectivity index is 1.81. The molecule has 0 spiro atoms. The average Bonchev–Trinajstić information content (AvgIpc) is 2.67. The van der Waals surface area contributed by atoms with Crippen LogP contribution in [-0.4, -0.2) is 37.9 Å². The monoisotopic (exact) mass is 396 g/mol. The van der Waals surface area contributed by atoms with Gasteiger partial charge < -0.3 is 14.2 Å². The summed E-state index contributed by atoms with van der Waals surface area (Å²) in [5.41, 5.74) is 0.412. The van der Waals surface area contributed by atoms with Gasteiger partial charge in [0.15, 0.2) is 0 Å². The van der Waals surface area contributed by atoms with E-state index in [2.05, 4.69) is 13.5 Å². The smallest absolute Gasteiger partial charge is 0.333 e. The van der Waals surface area contributed by atoms with Crippen molar-refractivity contribution >= 4 is 11.9 Å². The van der Waals surface area contributed by atoms with E-state index in [0.29, 0.717) is 31.3 Å². The molecule has 1 rings (SSSR count). The third-order valence-corrected chi connectivity index (χ3v) is 5.23. The maximum absolute atomic E-state index is 11.7. The molecule has 1 aliphatic carbocycles. The molecule has 0 aromatic rings. The number of hydrogen-bond acceptors (Lipinski definition) is 5. The second kappa shape index (κ2) is 15.5. The summed E-state index contributed by atoms with van der Waals surface area (Å²) in [6.07, 6.45) is 12.5. The van der Waals surface area contributed by atoms with E-state index in [1.54, 1.807) is 6.92 Å². The van der Waals surface area contributed by atoms with E-state index in [9.17, 15) is 9.59 Å².